The van der Waals surface area contributed by atoms with E-state index in [1.807, 2.05) is 48.2 Å². The zero-order valence-electron chi connectivity index (χ0n) is 17.4. The minimum Gasteiger partial charge on any atom is -0.325 e. The summed E-state index contributed by atoms with van der Waals surface area (Å²) >= 11 is 1.82. The van der Waals surface area contributed by atoms with Gasteiger partial charge in [-0.3, -0.25) is 4.79 Å². The SMILES string of the molecule is O=C(Nc1ccc(-c2cn3c(n2)SCC3)c(C2CC2NCC2CC2)c1)c1ccccc1. The first-order valence-corrected chi connectivity index (χ1v) is 12.2. The Morgan fingerprint density at radius 2 is 2.03 bits per heavy atom. The fourth-order valence-corrected chi connectivity index (χ4v) is 5.36. The average molecular weight is 431 g/mol. The highest BCUT2D eigenvalue weighted by Gasteiger charge is 2.40. The molecule has 2 unspecified atom stereocenters. The number of nitrogens with zero attached hydrogens (tertiary/aromatic N) is 2. The summed E-state index contributed by atoms with van der Waals surface area (Å²) in [5.74, 6) is 2.39. The van der Waals surface area contributed by atoms with E-state index in [0.29, 0.717) is 17.5 Å². The lowest BCUT2D eigenvalue weighted by molar-refractivity contribution is 0.102. The van der Waals surface area contributed by atoms with Crippen LogP contribution in [0.4, 0.5) is 5.69 Å². The highest BCUT2D eigenvalue weighted by atomic mass is 32.2. The molecule has 2 saturated carbocycles. The fourth-order valence-electron chi connectivity index (χ4n) is 4.42. The molecule has 2 aliphatic carbocycles. The van der Waals surface area contributed by atoms with Gasteiger partial charge in [-0.1, -0.05) is 36.0 Å². The first-order valence-electron chi connectivity index (χ1n) is 11.2. The van der Waals surface area contributed by atoms with Gasteiger partial charge in [0, 0.05) is 47.3 Å². The molecule has 158 valence electrons. The molecule has 5 nitrogen and oxygen atoms in total. The molecule has 1 aromatic heterocycles. The third-order valence-corrected chi connectivity index (χ3v) is 7.45. The van der Waals surface area contributed by atoms with Gasteiger partial charge in [-0.05, 0) is 61.6 Å². The van der Waals surface area contributed by atoms with Crippen molar-refractivity contribution >= 4 is 23.4 Å². The van der Waals surface area contributed by atoms with Crippen LogP contribution in [0.15, 0.2) is 59.9 Å². The second-order valence-corrected chi connectivity index (χ2v) is 9.94. The van der Waals surface area contributed by atoms with E-state index in [1.54, 1.807) is 0 Å². The standard InChI is InChI=1S/C25H26N4OS/c30-24(17-4-2-1-3-5-17)27-18-8-9-19(23-15-29-10-11-31-25(29)28-23)20(12-18)21-13-22(21)26-14-16-6-7-16/h1-5,8-9,12,15-16,21-22,26H,6-7,10-11,13-14H2,(H,27,30). The highest BCUT2D eigenvalue weighted by molar-refractivity contribution is 7.99. The Morgan fingerprint density at radius 1 is 1.16 bits per heavy atom. The highest BCUT2D eigenvalue weighted by Crippen LogP contribution is 2.46. The molecule has 0 saturated heterocycles. The zero-order valence-corrected chi connectivity index (χ0v) is 18.2. The summed E-state index contributed by atoms with van der Waals surface area (Å²) in [4.78, 5) is 17.6. The molecule has 1 aliphatic heterocycles. The predicted molar refractivity (Wildman–Crippen MR) is 125 cm³/mol. The number of thioether (sulfide) groups is 1. The zero-order chi connectivity index (χ0) is 20.8. The van der Waals surface area contributed by atoms with Crippen molar-refractivity contribution in [1.82, 2.24) is 14.9 Å². The number of hydrogen-bond acceptors (Lipinski definition) is 4. The van der Waals surface area contributed by atoms with E-state index in [1.165, 1.54) is 24.0 Å². The molecule has 3 aromatic rings. The summed E-state index contributed by atoms with van der Waals surface area (Å²) in [5, 5.41) is 7.95. The van der Waals surface area contributed by atoms with Crippen molar-refractivity contribution in [1.29, 1.82) is 0 Å². The van der Waals surface area contributed by atoms with Crippen molar-refractivity contribution < 1.29 is 4.79 Å². The first-order chi connectivity index (χ1) is 15.2. The number of imidazole rings is 1. The normalized spacial score (nSPS) is 21.7. The number of fused-ring (bicyclic) bond motifs is 1. The van der Waals surface area contributed by atoms with E-state index in [-0.39, 0.29) is 5.91 Å². The summed E-state index contributed by atoms with van der Waals surface area (Å²) < 4.78 is 2.25. The van der Waals surface area contributed by atoms with Crippen molar-refractivity contribution in [2.75, 3.05) is 17.6 Å². The number of benzene rings is 2. The Bertz CT molecular complexity index is 1100. The first kappa shape index (κ1) is 19.1. The largest absolute Gasteiger partial charge is 0.325 e. The maximum atomic E-state index is 12.7. The number of amides is 1. The van der Waals surface area contributed by atoms with Crippen LogP contribution >= 0.6 is 11.8 Å². The molecule has 0 bridgehead atoms. The van der Waals surface area contributed by atoms with E-state index in [0.717, 1.165) is 47.7 Å². The molecule has 2 fully saturated rings. The maximum absolute atomic E-state index is 12.7. The van der Waals surface area contributed by atoms with Gasteiger partial charge in [0.15, 0.2) is 5.16 Å². The molecule has 2 atom stereocenters. The van der Waals surface area contributed by atoms with Crippen LogP contribution < -0.4 is 10.6 Å². The minimum atomic E-state index is -0.0733. The van der Waals surface area contributed by atoms with Crippen LogP contribution in [0.3, 0.4) is 0 Å². The number of anilines is 1. The lowest BCUT2D eigenvalue weighted by Gasteiger charge is -2.12. The van der Waals surface area contributed by atoms with E-state index in [9.17, 15) is 4.79 Å². The Morgan fingerprint density at radius 3 is 2.84 bits per heavy atom. The van der Waals surface area contributed by atoms with Crippen LogP contribution in [0.1, 0.15) is 41.1 Å². The predicted octanol–water partition coefficient (Wildman–Crippen LogP) is 4.76. The number of carbonyl (C=O) groups excluding carboxylic acids is 1. The number of carbonyl (C=O) groups is 1. The van der Waals surface area contributed by atoms with Gasteiger partial charge >= 0.3 is 0 Å². The van der Waals surface area contributed by atoms with Crippen LogP contribution in [0, 0.1) is 5.92 Å². The van der Waals surface area contributed by atoms with E-state index < -0.39 is 0 Å². The summed E-state index contributed by atoms with van der Waals surface area (Å²) in [7, 11) is 0. The molecule has 3 aliphatic rings. The van der Waals surface area contributed by atoms with Gasteiger partial charge in [0.05, 0.1) is 5.69 Å². The fraction of sp³-hybridized carbons (Fsp3) is 0.360. The number of nitrogens with one attached hydrogen (secondary N) is 2. The lowest BCUT2D eigenvalue weighted by atomic mass is 9.99. The second kappa shape index (κ2) is 7.84. The van der Waals surface area contributed by atoms with Crippen molar-refractivity contribution in [3.05, 3.63) is 65.9 Å². The maximum Gasteiger partial charge on any atom is 0.255 e. The van der Waals surface area contributed by atoms with Crippen molar-refractivity contribution in [3.8, 4) is 11.3 Å². The quantitative estimate of drug-likeness (QED) is 0.567. The summed E-state index contributed by atoms with van der Waals surface area (Å²) in [5.41, 5.74) is 5.06. The van der Waals surface area contributed by atoms with Gasteiger partial charge in [0.2, 0.25) is 0 Å². The van der Waals surface area contributed by atoms with Crippen LogP contribution in [-0.2, 0) is 6.54 Å². The minimum absolute atomic E-state index is 0.0733. The van der Waals surface area contributed by atoms with Crippen molar-refractivity contribution in [2.45, 2.75) is 42.9 Å². The van der Waals surface area contributed by atoms with Crippen molar-refractivity contribution in [3.63, 3.8) is 0 Å². The average Bonchev–Trinajstić information content (AvgIpc) is 3.68. The van der Waals surface area contributed by atoms with Gasteiger partial charge < -0.3 is 15.2 Å². The molecule has 0 spiro atoms. The molecule has 6 heteroatoms. The van der Waals surface area contributed by atoms with E-state index in [4.69, 9.17) is 4.98 Å². The molecule has 31 heavy (non-hydrogen) atoms. The van der Waals surface area contributed by atoms with Crippen LogP contribution in [0.5, 0.6) is 0 Å². The Hall–Kier alpha value is -2.57. The topological polar surface area (TPSA) is 59.0 Å². The Balaban J connectivity index is 1.28. The van der Waals surface area contributed by atoms with E-state index >= 15 is 0 Å². The Kier molecular flexibility index (Phi) is 4.84. The Labute approximate surface area is 186 Å². The van der Waals surface area contributed by atoms with Gasteiger partial charge in [0.1, 0.15) is 0 Å². The third kappa shape index (κ3) is 4.02. The van der Waals surface area contributed by atoms with E-state index in [2.05, 4.69) is 33.5 Å². The molecular formula is C25H26N4OS. The van der Waals surface area contributed by atoms with Crippen LogP contribution in [0.25, 0.3) is 11.3 Å². The molecule has 2 N–H and O–H groups in total. The lowest BCUT2D eigenvalue weighted by Crippen LogP contribution is -2.20. The molecule has 1 amide bonds. The van der Waals surface area contributed by atoms with Gasteiger partial charge in [-0.2, -0.15) is 0 Å². The number of rotatable bonds is 7. The molecule has 2 heterocycles. The molecule has 0 radical (unpaired) electrons. The van der Waals surface area contributed by atoms with Crippen LogP contribution in [0.2, 0.25) is 0 Å². The molecular weight excluding hydrogens is 404 g/mol. The number of aryl methyl sites for hydroxylation is 1. The van der Waals surface area contributed by atoms with Crippen molar-refractivity contribution in [2.24, 2.45) is 5.92 Å². The number of hydrogen-bond donors (Lipinski definition) is 2. The number of aromatic nitrogens is 2. The summed E-state index contributed by atoms with van der Waals surface area (Å²) in [6.45, 7) is 2.17. The molecule has 6 rings (SSSR count). The summed E-state index contributed by atoms with van der Waals surface area (Å²) in [6, 6.07) is 16.2. The smallest absolute Gasteiger partial charge is 0.255 e. The second-order valence-electron chi connectivity index (χ2n) is 8.87. The summed E-state index contributed by atoms with van der Waals surface area (Å²) in [6.07, 6.45) is 6.08. The van der Waals surface area contributed by atoms with Gasteiger partial charge in [0.25, 0.3) is 5.91 Å². The van der Waals surface area contributed by atoms with Gasteiger partial charge in [-0.15, -0.1) is 0 Å². The van der Waals surface area contributed by atoms with Gasteiger partial charge in [-0.25, -0.2) is 4.98 Å². The third-order valence-electron chi connectivity index (χ3n) is 6.48. The monoisotopic (exact) mass is 430 g/mol. The van der Waals surface area contributed by atoms with Crippen LogP contribution in [-0.4, -0.2) is 33.8 Å². The molecule has 2 aromatic carbocycles.